The minimum Gasteiger partial charge on any atom is -0.495 e. The summed E-state index contributed by atoms with van der Waals surface area (Å²) in [5.41, 5.74) is -0.0179. The Labute approximate surface area is 394 Å². The second kappa shape index (κ2) is 21.0. The van der Waals surface area contributed by atoms with Gasteiger partial charge in [-0.2, -0.15) is 16.7 Å². The molecule has 2 saturated heterocycles. The molecule has 3 aromatic rings. The summed E-state index contributed by atoms with van der Waals surface area (Å²) in [7, 11) is 3.27. The van der Waals surface area contributed by atoms with E-state index in [1.165, 1.54) is 11.1 Å². The zero-order valence-electron chi connectivity index (χ0n) is 37.4. The lowest BCUT2D eigenvalue weighted by molar-refractivity contribution is -0.143. The van der Waals surface area contributed by atoms with Gasteiger partial charge in [-0.25, -0.2) is 9.37 Å². The van der Waals surface area contributed by atoms with Gasteiger partial charge >= 0.3 is 0 Å². The van der Waals surface area contributed by atoms with E-state index in [4.69, 9.17) is 27.9 Å². The van der Waals surface area contributed by atoms with Gasteiger partial charge in [0.1, 0.15) is 28.7 Å². The molecule has 0 bridgehead atoms. The number of nitrogens with zero attached hydrogens (tertiary/aromatic N) is 5. The van der Waals surface area contributed by atoms with Crippen LogP contribution in [0.3, 0.4) is 0 Å². The van der Waals surface area contributed by atoms with Gasteiger partial charge in [0, 0.05) is 74.6 Å². The highest BCUT2D eigenvalue weighted by molar-refractivity contribution is 8.00. The van der Waals surface area contributed by atoms with Crippen molar-refractivity contribution in [2.75, 3.05) is 69.8 Å². The van der Waals surface area contributed by atoms with Crippen molar-refractivity contribution in [3.8, 4) is 5.75 Å². The first-order valence-corrected chi connectivity index (χ1v) is 24.1. The van der Waals surface area contributed by atoms with Crippen LogP contribution in [0.2, 0.25) is 10.0 Å². The second-order valence-corrected chi connectivity index (χ2v) is 20.7. The van der Waals surface area contributed by atoms with Crippen molar-refractivity contribution in [1.82, 2.24) is 35.3 Å². The van der Waals surface area contributed by atoms with Gasteiger partial charge in [-0.3, -0.25) is 24.1 Å². The highest BCUT2D eigenvalue weighted by atomic mass is 35.5. The number of hydrogen-bond donors (Lipinski definition) is 5. The molecular formula is C46H60Cl2FN9O6S. The highest BCUT2D eigenvalue weighted by Crippen LogP contribution is 2.42. The van der Waals surface area contributed by atoms with Crippen LogP contribution in [0.1, 0.15) is 74.7 Å². The first-order chi connectivity index (χ1) is 31.0. The highest BCUT2D eigenvalue weighted by Gasteiger charge is 2.54. The average Bonchev–Trinajstić information content (AvgIpc) is 3.95. The number of likely N-dealkylation sites (tertiary alicyclic amines) is 1. The summed E-state index contributed by atoms with van der Waals surface area (Å²) in [4.78, 5) is 68.9. The van der Waals surface area contributed by atoms with Crippen LogP contribution >= 0.6 is 35.0 Å². The van der Waals surface area contributed by atoms with Crippen molar-refractivity contribution < 1.29 is 33.4 Å². The molecule has 2 aromatic carbocycles. The van der Waals surface area contributed by atoms with E-state index < -0.39 is 46.3 Å². The quantitative estimate of drug-likeness (QED) is 0.108. The number of aliphatic hydroxyl groups is 1. The average molecular weight is 957 g/mol. The van der Waals surface area contributed by atoms with Crippen molar-refractivity contribution in [3.63, 3.8) is 0 Å². The van der Waals surface area contributed by atoms with Crippen molar-refractivity contribution in [1.29, 1.82) is 0 Å². The molecule has 4 amide bonds. The number of carbonyl (C=O) groups is 4. The number of aliphatic hydroxyl groups excluding tert-OH is 1. The monoisotopic (exact) mass is 955 g/mol. The summed E-state index contributed by atoms with van der Waals surface area (Å²) in [6.45, 7) is 7.70. The molecule has 4 aliphatic rings. The molecule has 1 unspecified atom stereocenters. The van der Waals surface area contributed by atoms with Crippen LogP contribution in [0.15, 0.2) is 48.7 Å². The Bertz CT molecular complexity index is 2190. The van der Waals surface area contributed by atoms with Crippen LogP contribution in [-0.4, -0.2) is 141 Å². The third-order valence-electron chi connectivity index (χ3n) is 13.1. The largest absolute Gasteiger partial charge is 0.495 e. The number of anilines is 3. The van der Waals surface area contributed by atoms with Crippen LogP contribution in [0.4, 0.5) is 21.8 Å². The summed E-state index contributed by atoms with van der Waals surface area (Å²) in [5.74, 6) is 1.21. The van der Waals surface area contributed by atoms with E-state index in [2.05, 4.69) is 36.1 Å². The fourth-order valence-corrected chi connectivity index (χ4v) is 10.5. The van der Waals surface area contributed by atoms with Crippen molar-refractivity contribution in [2.45, 2.75) is 93.9 Å². The van der Waals surface area contributed by atoms with Gasteiger partial charge in [0.15, 0.2) is 5.67 Å². The maximum Gasteiger partial charge on any atom is 0.258 e. The zero-order chi connectivity index (χ0) is 46.5. The van der Waals surface area contributed by atoms with Gasteiger partial charge in [-0.15, -0.1) is 0 Å². The molecular weight excluding hydrogens is 897 g/mol. The molecule has 0 spiro atoms. The number of nitrogens with one attached hydrogen (secondary N) is 4. The lowest BCUT2D eigenvalue weighted by Gasteiger charge is -2.40. The number of aromatic nitrogens is 2. The molecule has 7 rings (SSSR count). The predicted octanol–water partition coefficient (Wildman–Crippen LogP) is 5.92. The number of ether oxygens (including phenoxy) is 1. The van der Waals surface area contributed by atoms with Gasteiger partial charge < -0.3 is 40.9 Å². The van der Waals surface area contributed by atoms with E-state index >= 15 is 4.39 Å². The number of benzene rings is 2. The number of methoxy groups -OCH3 is 1. The Balaban J connectivity index is 0.882. The SMILES string of the molecule is CNc1nc(Nc2ccc(C(=O)N3CCN(CC4CCC(CSC(C)(C)[C@H](NC(=O)C5(F)CC5)C(=O)N5C[C@H](O)CC5C(=O)NCc5ccc(Cl)cc5)CC4)CC3)cc2OC)ncc1Cl. The van der Waals surface area contributed by atoms with Crippen molar-refractivity contribution >= 4 is 76.0 Å². The smallest absolute Gasteiger partial charge is 0.258 e. The molecule has 15 nitrogen and oxygen atoms in total. The Morgan fingerprint density at radius 3 is 2.37 bits per heavy atom. The number of thioether (sulfide) groups is 1. The number of piperazine rings is 1. The normalized spacial score (nSPS) is 22.5. The van der Waals surface area contributed by atoms with Crippen LogP contribution in [0.25, 0.3) is 0 Å². The van der Waals surface area contributed by atoms with E-state index in [9.17, 15) is 24.3 Å². The molecule has 0 radical (unpaired) electrons. The number of hydrogen-bond acceptors (Lipinski definition) is 12. The van der Waals surface area contributed by atoms with E-state index in [-0.39, 0.29) is 38.3 Å². The summed E-state index contributed by atoms with van der Waals surface area (Å²) < 4.78 is 19.8. The van der Waals surface area contributed by atoms with Crippen LogP contribution in [-0.2, 0) is 20.9 Å². The number of alkyl halides is 1. The summed E-state index contributed by atoms with van der Waals surface area (Å²) in [6, 6.07) is 10.3. The molecule has 1 aromatic heterocycles. The Kier molecular flexibility index (Phi) is 15.7. The summed E-state index contributed by atoms with van der Waals surface area (Å²) in [6.07, 6.45) is 5.01. The maximum absolute atomic E-state index is 15.1. The molecule has 2 aliphatic heterocycles. The third kappa shape index (κ3) is 12.1. The minimum absolute atomic E-state index is 0.0514. The molecule has 19 heteroatoms. The van der Waals surface area contributed by atoms with Crippen molar-refractivity contribution in [2.24, 2.45) is 11.8 Å². The first-order valence-electron chi connectivity index (χ1n) is 22.4. The number of halogens is 3. The minimum atomic E-state index is -1.99. The van der Waals surface area contributed by atoms with Crippen molar-refractivity contribution in [3.05, 3.63) is 69.8 Å². The van der Waals surface area contributed by atoms with Gasteiger partial charge in [-0.05, 0) is 106 Å². The summed E-state index contributed by atoms with van der Waals surface area (Å²) in [5, 5.41) is 23.3. The molecule has 2 aliphatic carbocycles. The molecule has 2 saturated carbocycles. The van der Waals surface area contributed by atoms with E-state index in [1.807, 2.05) is 18.7 Å². The number of amides is 4. The topological polar surface area (TPSA) is 181 Å². The van der Waals surface area contributed by atoms with Gasteiger partial charge in [0.2, 0.25) is 17.8 Å². The Morgan fingerprint density at radius 2 is 1.71 bits per heavy atom. The van der Waals surface area contributed by atoms with E-state index in [0.29, 0.717) is 63.7 Å². The van der Waals surface area contributed by atoms with Gasteiger partial charge in [0.05, 0.1) is 25.1 Å². The van der Waals surface area contributed by atoms with Gasteiger partial charge in [-0.1, -0.05) is 35.3 Å². The Hall–Kier alpha value is -4.42. The lowest BCUT2D eigenvalue weighted by atomic mass is 9.82. The van der Waals surface area contributed by atoms with Crippen LogP contribution in [0, 0.1) is 11.8 Å². The fraction of sp³-hybridized carbons (Fsp3) is 0.565. The molecule has 4 fully saturated rings. The maximum atomic E-state index is 15.1. The number of β-amino-alcohol motifs (C(OH)–C–C–N with tert-alkyl or cyclic N) is 1. The number of rotatable bonds is 17. The molecule has 3 heterocycles. The van der Waals surface area contributed by atoms with Crippen LogP contribution in [0.5, 0.6) is 5.75 Å². The second-order valence-electron chi connectivity index (χ2n) is 18.2. The zero-order valence-corrected chi connectivity index (χ0v) is 39.7. The summed E-state index contributed by atoms with van der Waals surface area (Å²) >= 11 is 13.7. The molecule has 352 valence electrons. The Morgan fingerprint density at radius 1 is 1.02 bits per heavy atom. The van der Waals surface area contributed by atoms with Crippen LogP contribution < -0.4 is 26.0 Å². The predicted molar refractivity (Wildman–Crippen MR) is 252 cm³/mol. The molecule has 5 N–H and O–H groups in total. The lowest BCUT2D eigenvalue weighted by Crippen LogP contribution is -2.61. The fourth-order valence-electron chi connectivity index (χ4n) is 8.84. The van der Waals surface area contributed by atoms with E-state index in [0.717, 1.165) is 56.6 Å². The standard InChI is InChI=1S/C46H60Cl2FN9O6S/c1-45(2,38(54-43(63)46(49)15-16-46)42(62)58-26-33(59)22-36(58)40(60)51-23-28-9-12-32(47)13-10-28)65-27-30-7-5-29(6-8-30)25-56-17-19-57(20-18-56)41(61)31-11-14-35(37(21-31)64-4)53-44-52-24-34(48)39(50-3)55-44/h9-14,21,24,29-30,33,36,38,59H,5-8,15-20,22-23,25-27H2,1-4H3,(H,51,60)(H,54,63)(H2,50,52,53,55)/t29?,30?,33-,36?,38-/m1/s1. The van der Waals surface area contributed by atoms with E-state index in [1.54, 1.807) is 68.4 Å². The van der Waals surface area contributed by atoms with Gasteiger partial charge in [0.25, 0.3) is 11.8 Å². The molecule has 3 atom stereocenters. The number of carbonyl (C=O) groups excluding carboxylic acids is 4. The molecule has 65 heavy (non-hydrogen) atoms. The first kappa shape index (κ1) is 48.5. The third-order valence-corrected chi connectivity index (χ3v) is 15.2.